The van der Waals surface area contributed by atoms with Crippen molar-refractivity contribution in [2.75, 3.05) is 19.6 Å². The van der Waals surface area contributed by atoms with Gasteiger partial charge in [-0.1, -0.05) is 32.9 Å². The van der Waals surface area contributed by atoms with Crippen LogP contribution < -0.4 is 0 Å². The molecule has 0 N–H and O–H groups in total. The second kappa shape index (κ2) is 8.28. The Balaban J connectivity index is 2.64. The predicted octanol–water partition coefficient (Wildman–Crippen LogP) is 4.69. The van der Waals surface area contributed by atoms with Gasteiger partial charge in [-0.2, -0.15) is 0 Å². The molecule has 0 saturated heterocycles. The Morgan fingerprint density at radius 1 is 1.30 bits per heavy atom. The lowest BCUT2D eigenvalue weighted by Crippen LogP contribution is -2.34. The van der Waals surface area contributed by atoms with E-state index in [1.54, 1.807) is 0 Å². The van der Waals surface area contributed by atoms with Gasteiger partial charge >= 0.3 is 0 Å². The smallest absolute Gasteiger partial charge is 0.0995 e. The maximum absolute atomic E-state index is 4.87. The van der Waals surface area contributed by atoms with Crippen molar-refractivity contribution < 1.29 is 0 Å². The van der Waals surface area contributed by atoms with Gasteiger partial charge in [-0.25, -0.2) is 0 Å². The zero-order valence-corrected chi connectivity index (χ0v) is 13.7. The van der Waals surface area contributed by atoms with Gasteiger partial charge in [0.25, 0.3) is 0 Å². The summed E-state index contributed by atoms with van der Waals surface area (Å²) in [6, 6.07) is 0. The molecule has 1 aliphatic rings. The number of rotatable bonds is 9. The SMILES string of the molecule is C=CCCN(CCC(C)C=C)C1=NCC(CC)(CC)C1. The van der Waals surface area contributed by atoms with Crippen LogP contribution in [0.1, 0.15) is 52.9 Å². The van der Waals surface area contributed by atoms with Gasteiger partial charge in [0.1, 0.15) is 0 Å². The minimum Gasteiger partial charge on any atom is -0.360 e. The van der Waals surface area contributed by atoms with Gasteiger partial charge in [-0.15, -0.1) is 13.2 Å². The van der Waals surface area contributed by atoms with Crippen LogP contribution in [0.15, 0.2) is 30.3 Å². The van der Waals surface area contributed by atoms with Crippen molar-refractivity contribution in [2.24, 2.45) is 16.3 Å². The summed E-state index contributed by atoms with van der Waals surface area (Å²) in [5.41, 5.74) is 0.422. The molecule has 1 heterocycles. The minimum absolute atomic E-state index is 0.422. The third-order valence-corrected chi connectivity index (χ3v) is 4.85. The molecule has 0 amide bonds. The summed E-state index contributed by atoms with van der Waals surface area (Å²) in [5.74, 6) is 1.90. The number of hydrogen-bond donors (Lipinski definition) is 0. The van der Waals surface area contributed by atoms with Crippen LogP contribution in [0.2, 0.25) is 0 Å². The molecule has 0 bridgehead atoms. The van der Waals surface area contributed by atoms with E-state index in [-0.39, 0.29) is 0 Å². The van der Waals surface area contributed by atoms with Crippen LogP contribution in [-0.2, 0) is 0 Å². The van der Waals surface area contributed by atoms with Crippen LogP contribution in [-0.4, -0.2) is 30.4 Å². The molecule has 0 aliphatic carbocycles. The summed E-state index contributed by atoms with van der Waals surface area (Å²) in [6.45, 7) is 17.7. The molecule has 1 rings (SSSR count). The number of allylic oxidation sites excluding steroid dienone is 1. The third-order valence-electron chi connectivity index (χ3n) is 4.85. The van der Waals surface area contributed by atoms with Gasteiger partial charge in [-0.05, 0) is 37.0 Å². The summed E-state index contributed by atoms with van der Waals surface area (Å²) in [5, 5.41) is 0. The van der Waals surface area contributed by atoms with E-state index >= 15 is 0 Å². The van der Waals surface area contributed by atoms with Crippen LogP contribution in [0.4, 0.5) is 0 Å². The molecule has 0 radical (unpaired) electrons. The fourth-order valence-electron chi connectivity index (χ4n) is 2.74. The molecule has 114 valence electrons. The van der Waals surface area contributed by atoms with E-state index in [4.69, 9.17) is 4.99 Å². The van der Waals surface area contributed by atoms with Crippen molar-refractivity contribution in [1.29, 1.82) is 0 Å². The Morgan fingerprint density at radius 2 is 2.00 bits per heavy atom. The third kappa shape index (κ3) is 4.50. The first kappa shape index (κ1) is 17.0. The minimum atomic E-state index is 0.422. The molecule has 2 nitrogen and oxygen atoms in total. The lowest BCUT2D eigenvalue weighted by molar-refractivity contribution is 0.295. The highest BCUT2D eigenvalue weighted by Crippen LogP contribution is 2.36. The van der Waals surface area contributed by atoms with Crippen molar-refractivity contribution in [1.82, 2.24) is 4.90 Å². The zero-order chi connectivity index (χ0) is 15.0. The van der Waals surface area contributed by atoms with E-state index in [2.05, 4.69) is 38.8 Å². The van der Waals surface area contributed by atoms with Crippen molar-refractivity contribution in [3.63, 3.8) is 0 Å². The Kier molecular flexibility index (Phi) is 7.04. The fraction of sp³-hybridized carbons (Fsp3) is 0.722. The standard InChI is InChI=1S/C18H32N2/c1-6-10-12-20(13-11-16(5)7-2)17-14-18(8-3,9-4)15-19-17/h6-7,16H,1-2,8-15H2,3-5H3. The Labute approximate surface area is 125 Å². The zero-order valence-electron chi connectivity index (χ0n) is 13.7. The molecular formula is C18H32N2. The van der Waals surface area contributed by atoms with Crippen LogP contribution in [0.3, 0.4) is 0 Å². The van der Waals surface area contributed by atoms with Gasteiger partial charge in [0.15, 0.2) is 0 Å². The number of nitrogens with zero attached hydrogens (tertiary/aromatic N) is 2. The van der Waals surface area contributed by atoms with E-state index < -0.39 is 0 Å². The lowest BCUT2D eigenvalue weighted by Gasteiger charge is -2.29. The number of aliphatic imine (C=N–C) groups is 1. The summed E-state index contributed by atoms with van der Waals surface area (Å²) in [7, 11) is 0. The normalized spacial score (nSPS) is 18.4. The Hall–Kier alpha value is -1.05. The lowest BCUT2D eigenvalue weighted by atomic mass is 9.81. The van der Waals surface area contributed by atoms with Crippen molar-refractivity contribution in [2.45, 2.75) is 52.9 Å². The molecule has 1 aliphatic heterocycles. The Bertz CT molecular complexity index is 339. The first-order chi connectivity index (χ1) is 9.60. The highest BCUT2D eigenvalue weighted by atomic mass is 15.2. The van der Waals surface area contributed by atoms with Gasteiger partial charge in [0.2, 0.25) is 0 Å². The topological polar surface area (TPSA) is 15.6 Å². The molecule has 0 saturated carbocycles. The average molecular weight is 276 g/mol. The molecule has 0 fully saturated rings. The monoisotopic (exact) mass is 276 g/mol. The highest BCUT2D eigenvalue weighted by molar-refractivity contribution is 5.84. The van der Waals surface area contributed by atoms with Crippen molar-refractivity contribution in [3.05, 3.63) is 25.3 Å². The molecule has 0 aromatic carbocycles. The highest BCUT2D eigenvalue weighted by Gasteiger charge is 2.34. The molecule has 0 aromatic rings. The predicted molar refractivity (Wildman–Crippen MR) is 90.3 cm³/mol. The number of hydrogen-bond acceptors (Lipinski definition) is 2. The molecular weight excluding hydrogens is 244 g/mol. The van der Waals surface area contributed by atoms with E-state index in [1.807, 2.05) is 12.2 Å². The van der Waals surface area contributed by atoms with Crippen molar-refractivity contribution in [3.8, 4) is 0 Å². The van der Waals surface area contributed by atoms with E-state index in [9.17, 15) is 0 Å². The largest absolute Gasteiger partial charge is 0.360 e. The van der Waals surface area contributed by atoms with Gasteiger partial charge in [0.05, 0.1) is 5.84 Å². The van der Waals surface area contributed by atoms with Crippen LogP contribution >= 0.6 is 0 Å². The summed E-state index contributed by atoms with van der Waals surface area (Å²) >= 11 is 0. The first-order valence-electron chi connectivity index (χ1n) is 8.12. The second-order valence-electron chi connectivity index (χ2n) is 6.18. The number of amidine groups is 1. The summed E-state index contributed by atoms with van der Waals surface area (Å²) in [6.07, 6.45) is 9.86. The molecule has 20 heavy (non-hydrogen) atoms. The van der Waals surface area contributed by atoms with E-state index in [0.29, 0.717) is 11.3 Å². The average Bonchev–Trinajstić information content (AvgIpc) is 2.92. The maximum atomic E-state index is 4.87. The van der Waals surface area contributed by atoms with Gasteiger partial charge < -0.3 is 4.90 Å². The second-order valence-corrected chi connectivity index (χ2v) is 6.18. The fourth-order valence-corrected chi connectivity index (χ4v) is 2.74. The van der Waals surface area contributed by atoms with Gasteiger partial charge in [-0.3, -0.25) is 4.99 Å². The first-order valence-corrected chi connectivity index (χ1v) is 8.12. The molecule has 0 aromatic heterocycles. The van der Waals surface area contributed by atoms with Crippen LogP contribution in [0.25, 0.3) is 0 Å². The van der Waals surface area contributed by atoms with E-state index in [1.165, 1.54) is 18.7 Å². The quantitative estimate of drug-likeness (QED) is 0.558. The molecule has 1 unspecified atom stereocenters. The summed E-state index contributed by atoms with van der Waals surface area (Å²) < 4.78 is 0. The van der Waals surface area contributed by atoms with Crippen LogP contribution in [0, 0.1) is 11.3 Å². The molecule has 0 spiro atoms. The molecule has 1 atom stereocenters. The molecule has 2 heteroatoms. The Morgan fingerprint density at radius 3 is 2.50 bits per heavy atom. The summed E-state index contributed by atoms with van der Waals surface area (Å²) in [4.78, 5) is 7.35. The maximum Gasteiger partial charge on any atom is 0.0995 e. The van der Waals surface area contributed by atoms with Crippen molar-refractivity contribution >= 4 is 5.84 Å². The van der Waals surface area contributed by atoms with E-state index in [0.717, 1.165) is 38.9 Å². The van der Waals surface area contributed by atoms with Crippen LogP contribution in [0.5, 0.6) is 0 Å². The van der Waals surface area contributed by atoms with Gasteiger partial charge in [0, 0.05) is 26.1 Å².